The Morgan fingerprint density at radius 1 is 0.759 bits per heavy atom. The minimum atomic E-state index is -5.07. The van der Waals surface area contributed by atoms with Crippen molar-refractivity contribution >= 4 is 89.3 Å². The Hall–Kier alpha value is -5.12. The number of rotatable bonds is 12. The van der Waals surface area contributed by atoms with E-state index in [9.17, 15) is 26.4 Å². The summed E-state index contributed by atoms with van der Waals surface area (Å²) in [6.45, 7) is -16.6. The summed E-state index contributed by atoms with van der Waals surface area (Å²) in [7, 11) is -9.59. The van der Waals surface area contributed by atoms with E-state index in [4.69, 9.17) is 72.8 Å². The molecule has 16 nitrogen and oxygen atoms in total. The Labute approximate surface area is 375 Å². The molecule has 0 bridgehead atoms. The zero-order valence-corrected chi connectivity index (χ0v) is 32.7. The van der Waals surface area contributed by atoms with Gasteiger partial charge < -0.3 is 28.0 Å². The van der Waals surface area contributed by atoms with Crippen LogP contribution < -0.4 is 28.4 Å². The zero-order chi connectivity index (χ0) is 57.8. The number of fused-ring (bicyclic) bond motifs is 2. The van der Waals surface area contributed by atoms with Gasteiger partial charge in [-0.3, -0.25) is 9.59 Å². The number of aryl methyl sites for hydroxylation is 4. The minimum Gasteiger partial charge on any atom is -0.454 e. The van der Waals surface area contributed by atoms with Crippen molar-refractivity contribution in [3.8, 4) is 23.0 Å². The summed E-state index contributed by atoms with van der Waals surface area (Å²) in [5.74, 6) is -4.98. The van der Waals surface area contributed by atoms with Gasteiger partial charge in [0.05, 0.1) is 9.75 Å². The number of carbonyl (C=O) groups excluding carboxylic acids is 2. The number of anilines is 2. The first-order chi connectivity index (χ1) is 35.0. The van der Waals surface area contributed by atoms with Crippen LogP contribution in [0, 0.1) is 27.4 Å². The van der Waals surface area contributed by atoms with Crippen molar-refractivity contribution in [2.45, 2.75) is 50.0 Å². The first kappa shape index (κ1) is 23.5. The molecular weight excluding hydrogens is 880 g/mol. The largest absolute Gasteiger partial charge is 0.454 e. The number of ketones is 2. The summed E-state index contributed by atoms with van der Waals surface area (Å²) in [5, 5.41) is 7.49. The highest BCUT2D eigenvalue weighted by Crippen LogP contribution is 2.38. The summed E-state index contributed by atoms with van der Waals surface area (Å²) in [5.41, 5.74) is -3.31. The molecule has 8 rings (SSSR count). The fourth-order valence-corrected chi connectivity index (χ4v) is 9.72. The Bertz CT molecular complexity index is 3570. The summed E-state index contributed by atoms with van der Waals surface area (Å²) >= 11 is 13.0. The van der Waals surface area contributed by atoms with Crippen molar-refractivity contribution in [1.29, 1.82) is 0 Å². The van der Waals surface area contributed by atoms with E-state index in [2.05, 4.69) is 14.8 Å². The van der Waals surface area contributed by atoms with Crippen LogP contribution in [-0.4, -0.2) is 52.2 Å². The van der Waals surface area contributed by atoms with Crippen molar-refractivity contribution in [2.24, 2.45) is 0 Å². The molecule has 0 saturated carbocycles. The van der Waals surface area contributed by atoms with Crippen LogP contribution in [0.3, 0.4) is 0 Å². The van der Waals surface area contributed by atoms with E-state index >= 15 is 0 Å². The zero-order valence-electron chi connectivity index (χ0n) is 47.0. The highest BCUT2D eigenvalue weighted by atomic mass is 35.5. The molecule has 58 heavy (non-hydrogen) atoms. The third kappa shape index (κ3) is 8.38. The van der Waals surface area contributed by atoms with Gasteiger partial charge in [-0.15, -0.1) is 22.7 Å². The number of carbonyl (C=O) groups is 2. The van der Waals surface area contributed by atoms with Crippen LogP contribution in [0.4, 0.5) is 11.8 Å². The number of nitrogens with one attached hydrogen (secondary N) is 2. The van der Waals surface area contributed by atoms with Gasteiger partial charge in [0.1, 0.15) is 36.7 Å². The van der Waals surface area contributed by atoms with Crippen LogP contribution in [0.5, 0.6) is 23.0 Å². The molecule has 2 aromatic carbocycles. The normalized spacial score (nSPS) is 20.6. The molecule has 22 heteroatoms. The predicted octanol–water partition coefficient (Wildman–Crippen LogP) is 7.92. The van der Waals surface area contributed by atoms with Crippen molar-refractivity contribution in [1.82, 2.24) is 10.3 Å². The highest BCUT2D eigenvalue weighted by Gasteiger charge is 2.29. The first-order valence-electron chi connectivity index (χ1n) is 24.7. The van der Waals surface area contributed by atoms with Crippen LogP contribution in [0.2, 0.25) is 11.5 Å². The molecule has 2 aliphatic rings. The van der Waals surface area contributed by atoms with E-state index in [0.29, 0.717) is 11.3 Å². The second-order valence-electron chi connectivity index (χ2n) is 11.2. The fraction of sp³-hybridized carbons (Fsp3) is 0.222. The maximum absolute atomic E-state index is 13.5. The average molecular weight is 929 g/mol. The maximum Gasteiger partial charge on any atom is 0.265 e. The number of sulfonamides is 2. The molecule has 0 unspecified atom stereocenters. The Morgan fingerprint density at radius 2 is 1.26 bits per heavy atom. The van der Waals surface area contributed by atoms with Crippen molar-refractivity contribution < 1.29 is 80.5 Å². The van der Waals surface area contributed by atoms with Crippen LogP contribution in [0.1, 0.15) is 77.7 Å². The molecule has 6 heterocycles. The molecule has 0 radical (unpaired) electrons. The van der Waals surface area contributed by atoms with Crippen molar-refractivity contribution in [2.75, 3.05) is 22.9 Å². The van der Waals surface area contributed by atoms with Gasteiger partial charge in [-0.1, -0.05) is 33.5 Å². The van der Waals surface area contributed by atoms with Gasteiger partial charge in [0.2, 0.25) is 13.5 Å². The molecule has 0 atom stereocenters. The molecule has 4 aromatic heterocycles. The van der Waals surface area contributed by atoms with Gasteiger partial charge in [-0.25, -0.2) is 26.3 Å². The van der Waals surface area contributed by atoms with Crippen LogP contribution in [0.15, 0.2) is 66.0 Å². The second-order valence-corrected chi connectivity index (χ2v) is 17.0. The maximum atomic E-state index is 13.5. The molecule has 304 valence electrons. The number of aromatic nitrogens is 2. The summed E-state index contributed by atoms with van der Waals surface area (Å²) in [6, 6.07) is 5.79. The topological polar surface area (TPSA) is 215 Å². The number of benzene rings is 2. The lowest BCUT2D eigenvalue weighted by molar-refractivity contribution is 0.0985. The third-order valence-electron chi connectivity index (χ3n) is 7.43. The molecule has 0 spiro atoms. The quantitative estimate of drug-likeness (QED) is 0.112. The molecule has 0 fully saturated rings. The SMILES string of the molecule is [2H]C1([2H])Oc2cc(CC(=O)c3sccc3S(=O)(=O)Nc3onc(C([2H])([2H])[2H])c3Cl)c(C([2H])([2H])[2H])cc2O1.[2H]N(c1onc(C([2H])([2H])[2H])c1Cl)S(=O)(=O)c1ccsc1C(=O)C([2H])([2H])c1cc2c(cc1C([2H])([2H])[2H])OC([2H])([2H])O2. The summed E-state index contributed by atoms with van der Waals surface area (Å²) in [4.78, 5) is 24.3. The van der Waals surface area contributed by atoms with Gasteiger partial charge in [-0.05, 0) is 96.8 Å². The molecule has 0 saturated heterocycles. The van der Waals surface area contributed by atoms with Gasteiger partial charge in [0.15, 0.2) is 36.0 Å². The van der Waals surface area contributed by atoms with E-state index in [0.717, 1.165) is 53.1 Å². The smallest absolute Gasteiger partial charge is 0.265 e. The van der Waals surface area contributed by atoms with E-state index < -0.39 is 150 Å². The number of nitrogens with zero attached hydrogens (tertiary/aromatic N) is 2. The van der Waals surface area contributed by atoms with Gasteiger partial charge >= 0.3 is 0 Å². The Morgan fingerprint density at radius 3 is 1.83 bits per heavy atom. The van der Waals surface area contributed by atoms with Gasteiger partial charge in [-0.2, -0.15) is 0 Å². The Balaban J connectivity index is 0.000000224. The van der Waals surface area contributed by atoms with Crippen molar-refractivity contribution in [3.05, 3.63) is 101 Å². The van der Waals surface area contributed by atoms with E-state index in [1.54, 1.807) is 0 Å². The third-order valence-corrected chi connectivity index (χ3v) is 12.9. The summed E-state index contributed by atoms with van der Waals surface area (Å²) < 4.78 is 230. The van der Waals surface area contributed by atoms with E-state index in [1.165, 1.54) is 5.38 Å². The number of ether oxygens (including phenoxy) is 4. The lowest BCUT2D eigenvalue weighted by atomic mass is 10.0. The number of thiophene rings is 2. The molecule has 0 amide bonds. The van der Waals surface area contributed by atoms with Crippen LogP contribution in [0.25, 0.3) is 0 Å². The fourth-order valence-electron chi connectivity index (χ4n) is 4.77. The first-order valence-corrected chi connectivity index (χ1v) is 20.7. The molecular formula is C36H30Cl2N4O12S4. The number of halogens is 2. The highest BCUT2D eigenvalue weighted by molar-refractivity contribution is 7.93. The molecule has 6 aromatic rings. The van der Waals surface area contributed by atoms with Crippen molar-refractivity contribution in [3.63, 3.8) is 0 Å². The number of Topliss-reactive ketones (excluding diaryl/α,β-unsaturated/α-hetero) is 2. The van der Waals surface area contributed by atoms with Gasteiger partial charge in [0, 0.05) is 32.0 Å². The van der Waals surface area contributed by atoms with Gasteiger partial charge in [0.25, 0.3) is 31.8 Å². The van der Waals surface area contributed by atoms with E-state index in [-0.39, 0.29) is 38.0 Å². The number of hydrogen-bond donors (Lipinski definition) is 2. The summed E-state index contributed by atoms with van der Waals surface area (Å²) in [6.07, 6.45) is -3.79. The van der Waals surface area contributed by atoms with Crippen LogP contribution in [-0.2, 0) is 32.8 Å². The lowest BCUT2D eigenvalue weighted by Gasteiger charge is -2.09. The number of hydrogen-bond acceptors (Lipinski definition) is 16. The molecule has 2 N–H and O–H groups in total. The standard InChI is InChI=1S/2C18H15ClN2O6S2/c2*1-9-5-13-14(26-8-25-13)7-11(9)6-12(22)17-15(3-4-28-17)29(23,24)21-18-16(19)10(2)20-27-18/h2*3-5,7,21H,6,8H2,1-2H3/i1D3,2D3,6D2,8D2;1D3,2D3,8D2/hD. The predicted molar refractivity (Wildman–Crippen MR) is 213 cm³/mol. The van der Waals surface area contributed by atoms with Crippen LogP contribution >= 0.6 is 45.9 Å². The Kier molecular flexibility index (Phi) is 6.58. The minimum absolute atomic E-state index is 0.0460. The monoisotopic (exact) mass is 927 g/mol. The lowest BCUT2D eigenvalue weighted by Crippen LogP contribution is -2.16. The molecule has 0 aliphatic carbocycles. The molecule has 2 aliphatic heterocycles. The average Bonchev–Trinajstić information content (AvgIpc) is 4.14. The van der Waals surface area contributed by atoms with E-state index in [1.807, 2.05) is 4.72 Å². The second kappa shape index (κ2) is 16.3.